The predicted molar refractivity (Wildman–Crippen MR) is 76.4 cm³/mol. The molecule has 1 aromatic carbocycles. The third kappa shape index (κ3) is 6.50. The van der Waals surface area contributed by atoms with Crippen molar-refractivity contribution in [3.05, 3.63) is 47.7 Å². The van der Waals surface area contributed by atoms with Gasteiger partial charge in [0, 0.05) is 12.1 Å². The minimum Gasteiger partial charge on any atom is -0.443 e. The van der Waals surface area contributed by atoms with Crippen molar-refractivity contribution in [2.45, 2.75) is 39.7 Å². The lowest BCUT2D eigenvalue weighted by Gasteiger charge is -2.20. The molecule has 0 aliphatic heterocycles. The topological polar surface area (TPSA) is 50.4 Å². The number of carbonyl (C=O) groups excluding carboxylic acids is 1. The second kappa shape index (κ2) is 6.83. The predicted octanol–water partition coefficient (Wildman–Crippen LogP) is 3.16. The summed E-state index contributed by atoms with van der Waals surface area (Å²) in [4.78, 5) is 11.5. The molecule has 0 aromatic heterocycles. The van der Waals surface area contributed by atoms with Gasteiger partial charge in [0.05, 0.1) is 0 Å². The quantitative estimate of drug-likeness (QED) is 0.819. The number of carbonyl (C=O) groups is 1. The van der Waals surface area contributed by atoms with Crippen LogP contribution in [0.1, 0.15) is 33.3 Å². The molecule has 0 saturated heterocycles. The Labute approximate surface area is 114 Å². The van der Waals surface area contributed by atoms with Gasteiger partial charge in [0.1, 0.15) is 5.60 Å². The summed E-state index contributed by atoms with van der Waals surface area (Å²) in [5.41, 5.74) is 7.00. The van der Waals surface area contributed by atoms with E-state index in [-0.39, 0.29) is 0 Å². The zero-order valence-corrected chi connectivity index (χ0v) is 12.0. The van der Waals surface area contributed by atoms with E-state index in [0.717, 1.165) is 12.1 Å². The molecule has 0 unspecified atom stereocenters. The maximum atomic E-state index is 11.5. The minimum atomic E-state index is -0.499. The number of allylic oxidation sites excluding steroid dienone is 2. The molecule has 2 N–H and O–H groups in total. The molecular formula is C15H22N2O2. The van der Waals surface area contributed by atoms with E-state index in [9.17, 15) is 4.79 Å². The molecule has 4 nitrogen and oxygen atoms in total. The Kier molecular flexibility index (Phi) is 5.42. The molecule has 1 amide bonds. The average molecular weight is 262 g/mol. The number of nitrogens with one attached hydrogen (secondary N) is 2. The van der Waals surface area contributed by atoms with Crippen LogP contribution in [-0.4, -0.2) is 11.7 Å². The summed E-state index contributed by atoms with van der Waals surface area (Å²) in [6.07, 6.45) is 2.16. The van der Waals surface area contributed by atoms with Crippen LogP contribution in [0.25, 0.3) is 0 Å². The van der Waals surface area contributed by atoms with Gasteiger partial charge < -0.3 is 4.74 Å². The number of ether oxygens (including phenoxy) is 1. The number of amides is 1. The SMILES string of the molecule is C/C=C(\Cc1ccccc1)NNC(=O)OC(C)(C)C. The number of hydrogen-bond donors (Lipinski definition) is 2. The van der Waals surface area contributed by atoms with Crippen LogP contribution < -0.4 is 10.9 Å². The second-order valence-corrected chi connectivity index (χ2v) is 5.23. The zero-order valence-electron chi connectivity index (χ0n) is 12.0. The summed E-state index contributed by atoms with van der Waals surface area (Å²) < 4.78 is 5.14. The van der Waals surface area contributed by atoms with Crippen LogP contribution in [-0.2, 0) is 11.2 Å². The Morgan fingerprint density at radius 2 is 1.84 bits per heavy atom. The smallest absolute Gasteiger partial charge is 0.426 e. The first-order valence-electron chi connectivity index (χ1n) is 6.35. The Bertz CT molecular complexity index is 433. The van der Waals surface area contributed by atoms with Gasteiger partial charge in [-0.15, -0.1) is 0 Å². The maximum absolute atomic E-state index is 11.5. The lowest BCUT2D eigenvalue weighted by atomic mass is 10.1. The molecule has 0 atom stereocenters. The van der Waals surface area contributed by atoms with E-state index in [0.29, 0.717) is 0 Å². The van der Waals surface area contributed by atoms with Crippen molar-refractivity contribution in [3.63, 3.8) is 0 Å². The summed E-state index contributed by atoms with van der Waals surface area (Å²) in [6.45, 7) is 7.40. The van der Waals surface area contributed by atoms with E-state index in [1.807, 2.05) is 64.1 Å². The third-order valence-corrected chi connectivity index (χ3v) is 2.31. The Morgan fingerprint density at radius 1 is 1.21 bits per heavy atom. The molecule has 0 heterocycles. The second-order valence-electron chi connectivity index (χ2n) is 5.23. The van der Waals surface area contributed by atoms with E-state index < -0.39 is 11.7 Å². The minimum absolute atomic E-state index is 0.486. The van der Waals surface area contributed by atoms with Gasteiger partial charge in [-0.05, 0) is 33.3 Å². The molecule has 0 aliphatic carbocycles. The highest BCUT2D eigenvalue weighted by atomic mass is 16.6. The first kappa shape index (κ1) is 15.1. The lowest BCUT2D eigenvalue weighted by Crippen LogP contribution is -2.41. The highest BCUT2D eigenvalue weighted by Gasteiger charge is 2.15. The van der Waals surface area contributed by atoms with Crippen LogP contribution in [0.4, 0.5) is 4.79 Å². The van der Waals surface area contributed by atoms with Gasteiger partial charge in [-0.3, -0.25) is 5.43 Å². The lowest BCUT2D eigenvalue weighted by molar-refractivity contribution is 0.0505. The van der Waals surface area contributed by atoms with Crippen molar-refractivity contribution in [1.29, 1.82) is 0 Å². The summed E-state index contributed by atoms with van der Waals surface area (Å²) >= 11 is 0. The molecule has 0 fully saturated rings. The van der Waals surface area contributed by atoms with Crippen LogP contribution in [0.5, 0.6) is 0 Å². The molecule has 0 bridgehead atoms. The average Bonchev–Trinajstić information content (AvgIpc) is 2.33. The molecule has 0 radical (unpaired) electrons. The normalized spacial score (nSPS) is 11.9. The first-order chi connectivity index (χ1) is 8.90. The highest BCUT2D eigenvalue weighted by molar-refractivity contribution is 5.67. The molecule has 0 aliphatic rings. The highest BCUT2D eigenvalue weighted by Crippen LogP contribution is 2.07. The molecular weight excluding hydrogens is 240 g/mol. The van der Waals surface area contributed by atoms with Crippen molar-refractivity contribution in [2.75, 3.05) is 0 Å². The number of hydrazine groups is 1. The van der Waals surface area contributed by atoms with Crippen LogP contribution in [0.3, 0.4) is 0 Å². The Hall–Kier alpha value is -1.97. The number of rotatable bonds is 4. The van der Waals surface area contributed by atoms with Gasteiger partial charge >= 0.3 is 6.09 Å². The van der Waals surface area contributed by atoms with Gasteiger partial charge in [-0.2, -0.15) is 0 Å². The van der Waals surface area contributed by atoms with Crippen LogP contribution in [0, 0.1) is 0 Å². The molecule has 1 rings (SSSR count). The van der Waals surface area contributed by atoms with Crippen molar-refractivity contribution in [1.82, 2.24) is 10.9 Å². The monoisotopic (exact) mass is 262 g/mol. The number of benzene rings is 1. The van der Waals surface area contributed by atoms with Crippen molar-refractivity contribution in [2.24, 2.45) is 0 Å². The summed E-state index contributed by atoms with van der Waals surface area (Å²) in [6, 6.07) is 10.0. The largest absolute Gasteiger partial charge is 0.443 e. The van der Waals surface area contributed by atoms with Crippen LogP contribution >= 0.6 is 0 Å². The molecule has 104 valence electrons. The maximum Gasteiger partial charge on any atom is 0.426 e. The van der Waals surface area contributed by atoms with Gasteiger partial charge in [-0.1, -0.05) is 36.4 Å². The van der Waals surface area contributed by atoms with E-state index >= 15 is 0 Å². The van der Waals surface area contributed by atoms with Crippen molar-refractivity contribution >= 4 is 6.09 Å². The van der Waals surface area contributed by atoms with E-state index in [2.05, 4.69) is 10.9 Å². The fraction of sp³-hybridized carbons (Fsp3) is 0.400. The van der Waals surface area contributed by atoms with E-state index in [1.54, 1.807) is 0 Å². The molecule has 1 aromatic rings. The molecule has 19 heavy (non-hydrogen) atoms. The Morgan fingerprint density at radius 3 is 2.37 bits per heavy atom. The van der Waals surface area contributed by atoms with Gasteiger partial charge in [0.25, 0.3) is 0 Å². The van der Waals surface area contributed by atoms with Crippen molar-refractivity contribution < 1.29 is 9.53 Å². The third-order valence-electron chi connectivity index (χ3n) is 2.31. The number of hydrogen-bond acceptors (Lipinski definition) is 3. The standard InChI is InChI=1S/C15H22N2O2/c1-5-13(11-12-9-7-6-8-10-12)16-17-14(18)19-15(2,3)4/h5-10,16H,11H2,1-4H3,(H,17,18)/b13-5+. The fourth-order valence-electron chi connectivity index (χ4n) is 1.47. The Balaban J connectivity index is 2.44. The van der Waals surface area contributed by atoms with Crippen LogP contribution in [0.2, 0.25) is 0 Å². The van der Waals surface area contributed by atoms with E-state index in [4.69, 9.17) is 4.74 Å². The molecule has 0 saturated carbocycles. The summed E-state index contributed by atoms with van der Waals surface area (Å²) in [5, 5.41) is 0. The summed E-state index contributed by atoms with van der Waals surface area (Å²) in [7, 11) is 0. The van der Waals surface area contributed by atoms with E-state index in [1.165, 1.54) is 5.56 Å². The first-order valence-corrected chi connectivity index (χ1v) is 6.35. The fourth-order valence-corrected chi connectivity index (χ4v) is 1.47. The van der Waals surface area contributed by atoms with Gasteiger partial charge in [0.2, 0.25) is 0 Å². The van der Waals surface area contributed by atoms with Crippen LogP contribution in [0.15, 0.2) is 42.1 Å². The summed E-state index contributed by atoms with van der Waals surface area (Å²) in [5.74, 6) is 0. The van der Waals surface area contributed by atoms with Gasteiger partial charge in [0.15, 0.2) is 0 Å². The molecule has 4 heteroatoms. The molecule has 0 spiro atoms. The van der Waals surface area contributed by atoms with Gasteiger partial charge in [-0.25, -0.2) is 10.2 Å². The van der Waals surface area contributed by atoms with Crippen molar-refractivity contribution in [3.8, 4) is 0 Å². The zero-order chi connectivity index (χ0) is 14.3.